The summed E-state index contributed by atoms with van der Waals surface area (Å²) in [5, 5.41) is 7.10. The van der Waals surface area contributed by atoms with E-state index in [1.165, 1.54) is 12.2 Å². The topological polar surface area (TPSA) is 41.1 Å². The smallest absolute Gasteiger partial charge is 0.221 e. The molecule has 1 heterocycles. The molecule has 0 saturated carbocycles. The van der Waals surface area contributed by atoms with Crippen molar-refractivity contribution in [1.82, 2.24) is 10.6 Å². The molecule has 0 radical (unpaired) electrons. The molecule has 4 heteroatoms. The molecular weight excluding hydrogens is 208 g/mol. The predicted octanol–water partition coefficient (Wildman–Crippen LogP) is 1.38. The van der Waals surface area contributed by atoms with E-state index in [0.29, 0.717) is 12.5 Å². The molecule has 2 unspecified atom stereocenters. The van der Waals surface area contributed by atoms with Gasteiger partial charge in [-0.2, -0.15) is 11.8 Å². The summed E-state index contributed by atoms with van der Waals surface area (Å²) in [4.78, 5) is 11.3. The third-order valence-corrected chi connectivity index (χ3v) is 3.79. The molecular formula is C11H22N2OS. The van der Waals surface area contributed by atoms with Gasteiger partial charge in [0, 0.05) is 36.1 Å². The lowest BCUT2D eigenvalue weighted by Crippen LogP contribution is -2.35. The Morgan fingerprint density at radius 2 is 2.27 bits per heavy atom. The van der Waals surface area contributed by atoms with Gasteiger partial charge in [0.2, 0.25) is 5.91 Å². The molecule has 1 aliphatic heterocycles. The monoisotopic (exact) mass is 230 g/mol. The minimum Gasteiger partial charge on any atom is -0.354 e. The average molecular weight is 230 g/mol. The second-order valence-corrected chi connectivity index (χ2v) is 5.97. The zero-order valence-corrected chi connectivity index (χ0v) is 10.7. The number of amides is 1. The fraction of sp³-hybridized carbons (Fsp3) is 0.909. The van der Waals surface area contributed by atoms with Crippen molar-refractivity contribution in [3.8, 4) is 0 Å². The minimum atomic E-state index is 0.149. The van der Waals surface area contributed by atoms with Crippen LogP contribution in [0.4, 0.5) is 0 Å². The Morgan fingerprint density at radius 3 is 2.80 bits per heavy atom. The second kappa shape index (κ2) is 6.38. The van der Waals surface area contributed by atoms with E-state index in [2.05, 4.69) is 17.6 Å². The summed E-state index contributed by atoms with van der Waals surface area (Å²) < 4.78 is 0. The third kappa shape index (κ3) is 5.42. The number of hydrogen-bond donors (Lipinski definition) is 2. The van der Waals surface area contributed by atoms with Crippen molar-refractivity contribution in [3.63, 3.8) is 0 Å². The van der Waals surface area contributed by atoms with Crippen LogP contribution in [0.5, 0.6) is 0 Å². The standard InChI is InChI=1S/C11H22N2OS/c1-8(2)13-11(14)4-5-12-10-6-9(3)15-7-10/h8-10,12H,4-7H2,1-3H3,(H,13,14). The van der Waals surface area contributed by atoms with E-state index in [9.17, 15) is 4.79 Å². The minimum absolute atomic E-state index is 0.149. The van der Waals surface area contributed by atoms with Crippen molar-refractivity contribution in [2.75, 3.05) is 12.3 Å². The lowest BCUT2D eigenvalue weighted by molar-refractivity contribution is -0.121. The zero-order valence-electron chi connectivity index (χ0n) is 9.88. The number of rotatable bonds is 5. The van der Waals surface area contributed by atoms with Crippen molar-refractivity contribution in [3.05, 3.63) is 0 Å². The number of nitrogens with one attached hydrogen (secondary N) is 2. The van der Waals surface area contributed by atoms with Crippen LogP contribution in [0.25, 0.3) is 0 Å². The Labute approximate surface area is 96.8 Å². The van der Waals surface area contributed by atoms with Gasteiger partial charge in [-0.1, -0.05) is 6.92 Å². The lowest BCUT2D eigenvalue weighted by atomic mass is 10.2. The van der Waals surface area contributed by atoms with Gasteiger partial charge in [-0.3, -0.25) is 4.79 Å². The fourth-order valence-corrected chi connectivity index (χ4v) is 2.93. The van der Waals surface area contributed by atoms with Crippen LogP contribution in [-0.4, -0.2) is 35.5 Å². The van der Waals surface area contributed by atoms with Crippen molar-refractivity contribution < 1.29 is 4.79 Å². The van der Waals surface area contributed by atoms with Gasteiger partial charge in [0.1, 0.15) is 0 Å². The molecule has 2 atom stereocenters. The second-order valence-electron chi connectivity index (χ2n) is 4.50. The van der Waals surface area contributed by atoms with Crippen LogP contribution in [0.3, 0.4) is 0 Å². The summed E-state index contributed by atoms with van der Waals surface area (Å²) in [6, 6.07) is 0.858. The van der Waals surface area contributed by atoms with Gasteiger partial charge in [0.25, 0.3) is 0 Å². The summed E-state index contributed by atoms with van der Waals surface area (Å²) in [5.74, 6) is 1.34. The third-order valence-electron chi connectivity index (χ3n) is 2.43. The molecule has 1 aliphatic rings. The van der Waals surface area contributed by atoms with Crippen LogP contribution in [0.2, 0.25) is 0 Å². The molecule has 3 nitrogen and oxygen atoms in total. The van der Waals surface area contributed by atoms with Gasteiger partial charge in [0.15, 0.2) is 0 Å². The number of thioether (sulfide) groups is 1. The molecule has 1 saturated heterocycles. The summed E-state index contributed by atoms with van der Waals surface area (Å²) >= 11 is 2.01. The van der Waals surface area contributed by atoms with Crippen LogP contribution in [0.15, 0.2) is 0 Å². The van der Waals surface area contributed by atoms with Gasteiger partial charge in [-0.25, -0.2) is 0 Å². The molecule has 1 amide bonds. The van der Waals surface area contributed by atoms with Gasteiger partial charge in [-0.15, -0.1) is 0 Å². The predicted molar refractivity (Wildman–Crippen MR) is 66.2 cm³/mol. The van der Waals surface area contributed by atoms with E-state index < -0.39 is 0 Å². The lowest BCUT2D eigenvalue weighted by Gasteiger charge is -2.12. The van der Waals surface area contributed by atoms with Gasteiger partial charge in [-0.05, 0) is 20.3 Å². The summed E-state index contributed by atoms with van der Waals surface area (Å²) in [5.41, 5.74) is 0. The van der Waals surface area contributed by atoms with Crippen LogP contribution >= 0.6 is 11.8 Å². The Bertz CT molecular complexity index is 209. The zero-order chi connectivity index (χ0) is 11.3. The summed E-state index contributed by atoms with van der Waals surface area (Å²) in [7, 11) is 0. The molecule has 1 fully saturated rings. The number of carbonyl (C=O) groups excluding carboxylic acids is 1. The maximum Gasteiger partial charge on any atom is 0.221 e. The van der Waals surface area contributed by atoms with Gasteiger partial charge < -0.3 is 10.6 Å². The highest BCUT2D eigenvalue weighted by atomic mass is 32.2. The van der Waals surface area contributed by atoms with E-state index in [4.69, 9.17) is 0 Å². The van der Waals surface area contributed by atoms with E-state index in [-0.39, 0.29) is 11.9 Å². The van der Waals surface area contributed by atoms with E-state index in [1.54, 1.807) is 0 Å². The van der Waals surface area contributed by atoms with Crippen molar-refractivity contribution >= 4 is 17.7 Å². The highest BCUT2D eigenvalue weighted by molar-refractivity contribution is 8.00. The summed E-state index contributed by atoms with van der Waals surface area (Å²) in [6.07, 6.45) is 1.82. The maximum atomic E-state index is 11.3. The number of carbonyl (C=O) groups is 1. The van der Waals surface area contributed by atoms with Crippen LogP contribution in [0.1, 0.15) is 33.6 Å². The largest absolute Gasteiger partial charge is 0.354 e. The summed E-state index contributed by atoms with van der Waals surface area (Å²) in [6.45, 7) is 7.04. The molecule has 0 aliphatic carbocycles. The molecule has 15 heavy (non-hydrogen) atoms. The maximum absolute atomic E-state index is 11.3. The molecule has 88 valence electrons. The Kier molecular flexibility index (Phi) is 5.47. The van der Waals surface area contributed by atoms with Crippen molar-refractivity contribution in [2.45, 2.75) is 50.9 Å². The SMILES string of the molecule is CC(C)NC(=O)CCNC1CSC(C)C1. The molecule has 0 aromatic heterocycles. The Morgan fingerprint density at radius 1 is 1.53 bits per heavy atom. The fourth-order valence-electron chi connectivity index (χ4n) is 1.74. The Balaban J connectivity index is 2.03. The van der Waals surface area contributed by atoms with Gasteiger partial charge >= 0.3 is 0 Å². The van der Waals surface area contributed by atoms with Crippen LogP contribution in [-0.2, 0) is 4.79 Å². The average Bonchev–Trinajstić information content (AvgIpc) is 2.50. The van der Waals surface area contributed by atoms with E-state index >= 15 is 0 Å². The highest BCUT2D eigenvalue weighted by Gasteiger charge is 2.20. The van der Waals surface area contributed by atoms with Gasteiger partial charge in [0.05, 0.1) is 0 Å². The Hall–Kier alpha value is -0.220. The van der Waals surface area contributed by atoms with Crippen molar-refractivity contribution in [2.24, 2.45) is 0 Å². The number of hydrogen-bond acceptors (Lipinski definition) is 3. The molecule has 0 aromatic rings. The molecule has 2 N–H and O–H groups in total. The molecule has 0 spiro atoms. The highest BCUT2D eigenvalue weighted by Crippen LogP contribution is 2.25. The van der Waals surface area contributed by atoms with Crippen LogP contribution in [0, 0.1) is 0 Å². The van der Waals surface area contributed by atoms with E-state index in [1.807, 2.05) is 25.6 Å². The molecule has 0 bridgehead atoms. The van der Waals surface area contributed by atoms with E-state index in [0.717, 1.165) is 11.8 Å². The quantitative estimate of drug-likeness (QED) is 0.750. The molecule has 0 aromatic carbocycles. The van der Waals surface area contributed by atoms with Crippen LogP contribution < -0.4 is 10.6 Å². The first-order valence-corrected chi connectivity index (χ1v) is 6.77. The normalized spacial score (nSPS) is 25.9. The van der Waals surface area contributed by atoms with Crippen molar-refractivity contribution in [1.29, 1.82) is 0 Å². The first-order valence-electron chi connectivity index (χ1n) is 5.72. The molecule has 1 rings (SSSR count). The first-order chi connectivity index (χ1) is 7.08. The first kappa shape index (κ1) is 12.8.